The van der Waals surface area contributed by atoms with E-state index in [0.717, 1.165) is 31.2 Å². The molecule has 0 spiro atoms. The quantitative estimate of drug-likeness (QED) is 0.830. The normalized spacial score (nSPS) is 16.5. The maximum absolute atomic E-state index is 13.2. The molecule has 1 amide bonds. The Bertz CT molecular complexity index is 830. The Hall–Kier alpha value is -2.18. The summed E-state index contributed by atoms with van der Waals surface area (Å²) in [5.74, 6) is -0.139. The van der Waals surface area contributed by atoms with Crippen LogP contribution in [0.15, 0.2) is 65.6 Å². The zero-order chi connectivity index (χ0) is 19.1. The lowest BCUT2D eigenvalue weighted by Crippen LogP contribution is -2.49. The minimum atomic E-state index is -3.77. The maximum atomic E-state index is 13.2. The Labute approximate surface area is 161 Å². The Balaban J connectivity index is 1.83. The number of benzene rings is 2. The lowest BCUT2D eigenvalue weighted by atomic mass is 10.1. The summed E-state index contributed by atoms with van der Waals surface area (Å²) in [4.78, 5) is 15.1. The SMILES string of the molecule is O=C(C(Cc1ccccc1)NS(=O)(=O)c1ccccc1)N1CCCCCC1. The highest BCUT2D eigenvalue weighted by atomic mass is 32.2. The van der Waals surface area contributed by atoms with E-state index in [2.05, 4.69) is 4.72 Å². The predicted molar refractivity (Wildman–Crippen MR) is 106 cm³/mol. The van der Waals surface area contributed by atoms with Gasteiger partial charge in [-0.05, 0) is 37.0 Å². The molecule has 3 rings (SSSR count). The second kappa shape index (κ2) is 9.15. The molecular weight excluding hydrogens is 360 g/mol. The highest BCUT2D eigenvalue weighted by molar-refractivity contribution is 7.89. The number of nitrogens with one attached hydrogen (secondary N) is 1. The van der Waals surface area contributed by atoms with Crippen molar-refractivity contribution < 1.29 is 13.2 Å². The molecule has 1 fully saturated rings. The van der Waals surface area contributed by atoms with Crippen molar-refractivity contribution in [1.29, 1.82) is 0 Å². The fraction of sp³-hybridized carbons (Fsp3) is 0.381. The lowest BCUT2D eigenvalue weighted by molar-refractivity contribution is -0.132. The molecule has 27 heavy (non-hydrogen) atoms. The Kier molecular flexibility index (Phi) is 6.63. The van der Waals surface area contributed by atoms with Crippen LogP contribution in [0.5, 0.6) is 0 Å². The standard InChI is InChI=1S/C21H26N2O3S/c24-21(23-15-9-1-2-10-16-23)20(17-18-11-5-3-6-12-18)22-27(25,26)19-13-7-4-8-14-19/h3-8,11-14,20,22H,1-2,9-10,15-17H2. The number of likely N-dealkylation sites (tertiary alicyclic amines) is 1. The molecule has 5 nitrogen and oxygen atoms in total. The largest absolute Gasteiger partial charge is 0.341 e. The molecule has 1 unspecified atom stereocenters. The molecule has 0 aromatic heterocycles. The van der Waals surface area contributed by atoms with Crippen LogP contribution in [0.1, 0.15) is 31.2 Å². The van der Waals surface area contributed by atoms with Gasteiger partial charge in [0.2, 0.25) is 15.9 Å². The molecule has 0 aliphatic carbocycles. The van der Waals surface area contributed by atoms with Crippen LogP contribution in [0.2, 0.25) is 0 Å². The monoisotopic (exact) mass is 386 g/mol. The van der Waals surface area contributed by atoms with Gasteiger partial charge in [-0.2, -0.15) is 4.72 Å². The number of hydrogen-bond donors (Lipinski definition) is 1. The molecule has 144 valence electrons. The van der Waals surface area contributed by atoms with Crippen LogP contribution < -0.4 is 4.72 Å². The van der Waals surface area contributed by atoms with Crippen LogP contribution in [-0.2, 0) is 21.2 Å². The summed E-state index contributed by atoms with van der Waals surface area (Å²) in [6, 6.07) is 16.9. The van der Waals surface area contributed by atoms with E-state index in [1.165, 1.54) is 0 Å². The molecule has 6 heteroatoms. The van der Waals surface area contributed by atoms with E-state index in [1.54, 1.807) is 30.3 Å². The molecule has 1 heterocycles. The highest BCUT2D eigenvalue weighted by Crippen LogP contribution is 2.15. The van der Waals surface area contributed by atoms with Crippen molar-refractivity contribution in [2.45, 2.75) is 43.0 Å². The van der Waals surface area contributed by atoms with Crippen LogP contribution in [0.4, 0.5) is 0 Å². The van der Waals surface area contributed by atoms with Crippen molar-refractivity contribution in [3.63, 3.8) is 0 Å². The fourth-order valence-electron chi connectivity index (χ4n) is 3.40. The molecule has 1 saturated heterocycles. The van der Waals surface area contributed by atoms with Gasteiger partial charge in [-0.15, -0.1) is 0 Å². The summed E-state index contributed by atoms with van der Waals surface area (Å²) in [5, 5.41) is 0. The molecule has 0 saturated carbocycles. The number of hydrogen-bond acceptors (Lipinski definition) is 3. The lowest BCUT2D eigenvalue weighted by Gasteiger charge is -2.27. The summed E-state index contributed by atoms with van der Waals surface area (Å²) in [7, 11) is -3.77. The predicted octanol–water partition coefficient (Wildman–Crippen LogP) is 2.98. The first-order valence-electron chi connectivity index (χ1n) is 9.46. The molecule has 0 radical (unpaired) electrons. The van der Waals surface area contributed by atoms with Crippen LogP contribution in [0, 0.1) is 0 Å². The van der Waals surface area contributed by atoms with Gasteiger partial charge < -0.3 is 4.90 Å². The molecule has 1 aliphatic heterocycles. The molecular formula is C21H26N2O3S. The average Bonchev–Trinajstić information content (AvgIpc) is 2.98. The van der Waals surface area contributed by atoms with E-state index >= 15 is 0 Å². The van der Waals surface area contributed by atoms with Gasteiger partial charge in [0.15, 0.2) is 0 Å². The molecule has 1 atom stereocenters. The van der Waals surface area contributed by atoms with Crippen LogP contribution >= 0.6 is 0 Å². The summed E-state index contributed by atoms with van der Waals surface area (Å²) >= 11 is 0. The van der Waals surface area contributed by atoms with E-state index in [4.69, 9.17) is 0 Å². The van der Waals surface area contributed by atoms with Crippen LogP contribution in [-0.4, -0.2) is 38.4 Å². The minimum absolute atomic E-state index is 0.139. The highest BCUT2D eigenvalue weighted by Gasteiger charge is 2.29. The van der Waals surface area contributed by atoms with E-state index in [1.807, 2.05) is 35.2 Å². The number of carbonyl (C=O) groups excluding carboxylic acids is 1. The van der Waals surface area contributed by atoms with Crippen molar-refractivity contribution in [2.24, 2.45) is 0 Å². The zero-order valence-corrected chi connectivity index (χ0v) is 16.2. The van der Waals surface area contributed by atoms with Gasteiger partial charge >= 0.3 is 0 Å². The Morgan fingerprint density at radius 1 is 0.889 bits per heavy atom. The van der Waals surface area contributed by atoms with Crippen molar-refractivity contribution in [2.75, 3.05) is 13.1 Å². The second-order valence-corrected chi connectivity index (χ2v) is 8.63. The third-order valence-corrected chi connectivity index (χ3v) is 6.34. The molecule has 2 aromatic carbocycles. The van der Waals surface area contributed by atoms with Gasteiger partial charge in [0.1, 0.15) is 6.04 Å². The van der Waals surface area contributed by atoms with E-state index in [9.17, 15) is 13.2 Å². The number of amides is 1. The Morgan fingerprint density at radius 3 is 2.04 bits per heavy atom. The molecule has 1 N–H and O–H groups in total. The second-order valence-electron chi connectivity index (χ2n) is 6.92. The van der Waals surface area contributed by atoms with Crippen LogP contribution in [0.25, 0.3) is 0 Å². The van der Waals surface area contributed by atoms with Crippen molar-refractivity contribution in [3.05, 3.63) is 66.2 Å². The molecule has 2 aromatic rings. The van der Waals surface area contributed by atoms with Gasteiger partial charge in [0.25, 0.3) is 0 Å². The number of nitrogens with zero attached hydrogens (tertiary/aromatic N) is 1. The minimum Gasteiger partial charge on any atom is -0.341 e. The van der Waals surface area contributed by atoms with Gasteiger partial charge in [0.05, 0.1) is 4.90 Å². The van der Waals surface area contributed by atoms with Crippen LogP contribution in [0.3, 0.4) is 0 Å². The van der Waals surface area contributed by atoms with Crippen molar-refractivity contribution in [3.8, 4) is 0 Å². The van der Waals surface area contributed by atoms with Gasteiger partial charge in [-0.25, -0.2) is 8.42 Å². The van der Waals surface area contributed by atoms with E-state index in [-0.39, 0.29) is 10.8 Å². The average molecular weight is 387 g/mol. The third-order valence-electron chi connectivity index (χ3n) is 4.85. The third kappa shape index (κ3) is 5.40. The topological polar surface area (TPSA) is 66.5 Å². The smallest absolute Gasteiger partial charge is 0.241 e. The first-order valence-corrected chi connectivity index (χ1v) is 10.9. The number of rotatable bonds is 6. The summed E-state index contributed by atoms with van der Waals surface area (Å²) < 4.78 is 28.3. The van der Waals surface area contributed by atoms with E-state index < -0.39 is 16.1 Å². The molecule has 0 bridgehead atoms. The van der Waals surface area contributed by atoms with Gasteiger partial charge in [-0.3, -0.25) is 4.79 Å². The zero-order valence-electron chi connectivity index (χ0n) is 15.4. The van der Waals surface area contributed by atoms with Crippen molar-refractivity contribution in [1.82, 2.24) is 9.62 Å². The number of sulfonamides is 1. The summed E-state index contributed by atoms with van der Waals surface area (Å²) in [6.07, 6.45) is 4.50. The summed E-state index contributed by atoms with van der Waals surface area (Å²) in [6.45, 7) is 1.38. The number of carbonyl (C=O) groups is 1. The van der Waals surface area contributed by atoms with Gasteiger partial charge in [0, 0.05) is 13.1 Å². The summed E-state index contributed by atoms with van der Waals surface area (Å²) in [5.41, 5.74) is 0.932. The van der Waals surface area contributed by atoms with Gasteiger partial charge in [-0.1, -0.05) is 61.4 Å². The first kappa shape index (κ1) is 19.6. The fourth-order valence-corrected chi connectivity index (χ4v) is 4.61. The Morgan fingerprint density at radius 2 is 1.44 bits per heavy atom. The maximum Gasteiger partial charge on any atom is 0.241 e. The molecule has 1 aliphatic rings. The first-order chi connectivity index (χ1) is 13.1. The van der Waals surface area contributed by atoms with Crippen molar-refractivity contribution >= 4 is 15.9 Å². The van der Waals surface area contributed by atoms with E-state index in [0.29, 0.717) is 19.5 Å².